The molecule has 1 amide bonds. The van der Waals surface area contributed by atoms with Crippen molar-refractivity contribution in [2.45, 2.75) is 19.8 Å². The number of nitrogens with one attached hydrogen (secondary N) is 2. The number of halogens is 1. The van der Waals surface area contributed by atoms with E-state index in [-0.39, 0.29) is 0 Å². The Labute approximate surface area is 133 Å². The molecule has 0 saturated heterocycles. The maximum Gasteiger partial charge on any atom is 0.212 e. The molecule has 4 nitrogen and oxygen atoms in total. The number of amides is 1. The Morgan fingerprint density at radius 1 is 1.23 bits per heavy atom. The first-order valence-corrected chi connectivity index (χ1v) is 7.46. The second kappa shape index (κ2) is 5.81. The summed E-state index contributed by atoms with van der Waals surface area (Å²) in [6.45, 7) is 4.30. The Kier molecular flexibility index (Phi) is 3.86. The summed E-state index contributed by atoms with van der Waals surface area (Å²) in [5.41, 5.74) is 4.07. The van der Waals surface area contributed by atoms with Gasteiger partial charge in [-0.1, -0.05) is 37.6 Å². The molecule has 3 rings (SSSR count). The Bertz CT molecular complexity index is 839. The minimum atomic E-state index is 0.431. The topological polar surface area (TPSA) is 57.8 Å². The number of fused-ring (bicyclic) bond motifs is 1. The van der Waals surface area contributed by atoms with Crippen molar-refractivity contribution < 1.29 is 4.79 Å². The van der Waals surface area contributed by atoms with Gasteiger partial charge in [0.1, 0.15) is 0 Å². The van der Waals surface area contributed by atoms with Crippen LogP contribution in [0.1, 0.15) is 25.3 Å². The minimum absolute atomic E-state index is 0.431. The molecule has 1 aromatic heterocycles. The largest absolute Gasteiger partial charge is 0.311 e. The zero-order valence-corrected chi connectivity index (χ0v) is 13.1. The number of hydrogen-bond acceptors (Lipinski definition) is 2. The molecule has 0 atom stereocenters. The van der Waals surface area contributed by atoms with Crippen molar-refractivity contribution in [2.24, 2.45) is 0 Å². The maximum absolute atomic E-state index is 10.7. The molecular weight excluding hydrogens is 298 g/mol. The molecule has 0 fully saturated rings. The van der Waals surface area contributed by atoms with Crippen LogP contribution in [0.25, 0.3) is 22.0 Å². The normalized spacial score (nSPS) is 11.1. The fourth-order valence-electron chi connectivity index (χ4n) is 2.47. The van der Waals surface area contributed by atoms with Crippen LogP contribution >= 0.6 is 11.6 Å². The van der Waals surface area contributed by atoms with Crippen LogP contribution in [0.15, 0.2) is 36.4 Å². The van der Waals surface area contributed by atoms with E-state index in [1.807, 2.05) is 30.3 Å². The highest BCUT2D eigenvalue weighted by atomic mass is 35.5. The smallest absolute Gasteiger partial charge is 0.212 e. The molecule has 2 N–H and O–H groups in total. The van der Waals surface area contributed by atoms with Crippen molar-refractivity contribution in [3.63, 3.8) is 0 Å². The van der Waals surface area contributed by atoms with E-state index in [1.54, 1.807) is 0 Å². The van der Waals surface area contributed by atoms with Gasteiger partial charge in [0.25, 0.3) is 0 Å². The average molecular weight is 314 g/mol. The van der Waals surface area contributed by atoms with E-state index in [9.17, 15) is 4.79 Å². The van der Waals surface area contributed by atoms with E-state index in [0.717, 1.165) is 22.0 Å². The quantitative estimate of drug-likeness (QED) is 0.693. The molecule has 2 aromatic carbocycles. The fraction of sp³-hybridized carbons (Fsp3) is 0.176. The molecule has 0 saturated carbocycles. The van der Waals surface area contributed by atoms with Gasteiger partial charge in [0.05, 0.1) is 5.52 Å². The van der Waals surface area contributed by atoms with Gasteiger partial charge in [-0.2, -0.15) is 5.10 Å². The number of hydrogen-bond donors (Lipinski definition) is 2. The Balaban J connectivity index is 2.15. The molecule has 1 heterocycles. The van der Waals surface area contributed by atoms with E-state index in [0.29, 0.717) is 23.2 Å². The molecule has 0 aliphatic rings. The Morgan fingerprint density at radius 2 is 2.05 bits per heavy atom. The fourth-order valence-corrected chi connectivity index (χ4v) is 2.70. The zero-order chi connectivity index (χ0) is 15.7. The zero-order valence-electron chi connectivity index (χ0n) is 12.4. The molecule has 0 spiro atoms. The van der Waals surface area contributed by atoms with E-state index < -0.39 is 0 Å². The van der Waals surface area contributed by atoms with Crippen LogP contribution in [0, 0.1) is 0 Å². The maximum atomic E-state index is 10.7. The van der Waals surface area contributed by atoms with Gasteiger partial charge in [0.15, 0.2) is 5.82 Å². The van der Waals surface area contributed by atoms with Crippen molar-refractivity contribution in [3.8, 4) is 11.1 Å². The van der Waals surface area contributed by atoms with Crippen LogP contribution < -0.4 is 5.32 Å². The predicted octanol–water partition coefficient (Wildman–Crippen LogP) is 4.58. The van der Waals surface area contributed by atoms with Crippen LogP contribution in [-0.2, 0) is 4.79 Å². The summed E-state index contributed by atoms with van der Waals surface area (Å²) in [5, 5.41) is 11.1. The van der Waals surface area contributed by atoms with Gasteiger partial charge in [-0.3, -0.25) is 9.89 Å². The average Bonchev–Trinajstić information content (AvgIpc) is 2.90. The number of benzene rings is 2. The van der Waals surface area contributed by atoms with E-state index in [4.69, 9.17) is 11.6 Å². The second-order valence-electron chi connectivity index (χ2n) is 5.49. The molecule has 0 radical (unpaired) electrons. The third-order valence-corrected chi connectivity index (χ3v) is 4.06. The van der Waals surface area contributed by atoms with Crippen LogP contribution in [0.2, 0.25) is 5.02 Å². The number of nitrogens with zero attached hydrogens (tertiary/aromatic N) is 1. The third kappa shape index (κ3) is 2.57. The number of aromatic nitrogens is 2. The lowest BCUT2D eigenvalue weighted by Crippen LogP contribution is -1.94. The highest BCUT2D eigenvalue weighted by molar-refractivity contribution is 6.33. The van der Waals surface area contributed by atoms with Gasteiger partial charge < -0.3 is 5.32 Å². The second-order valence-corrected chi connectivity index (χ2v) is 5.90. The third-order valence-electron chi connectivity index (χ3n) is 3.73. The SMILES string of the molecule is CC(C)c1ccc(Cl)c(-c2ccc3[nH]nc(NC=O)c3c2)c1. The van der Waals surface area contributed by atoms with Crippen molar-refractivity contribution in [1.29, 1.82) is 0 Å². The first kappa shape index (κ1) is 14.6. The molecule has 0 aliphatic heterocycles. The van der Waals surface area contributed by atoms with Crippen molar-refractivity contribution >= 4 is 34.7 Å². The number of anilines is 1. The van der Waals surface area contributed by atoms with Crippen LogP contribution in [0.4, 0.5) is 5.82 Å². The first-order valence-electron chi connectivity index (χ1n) is 7.08. The van der Waals surface area contributed by atoms with Crippen molar-refractivity contribution in [1.82, 2.24) is 10.2 Å². The Hall–Kier alpha value is -2.33. The Morgan fingerprint density at radius 3 is 2.77 bits per heavy atom. The summed E-state index contributed by atoms with van der Waals surface area (Å²) in [5.74, 6) is 0.948. The van der Waals surface area contributed by atoms with Gasteiger partial charge in [-0.25, -0.2) is 0 Å². The van der Waals surface area contributed by atoms with Crippen molar-refractivity contribution in [2.75, 3.05) is 5.32 Å². The monoisotopic (exact) mass is 313 g/mol. The van der Waals surface area contributed by atoms with E-state index >= 15 is 0 Å². The van der Waals surface area contributed by atoms with Gasteiger partial charge in [0.2, 0.25) is 6.41 Å². The first-order chi connectivity index (χ1) is 10.6. The minimum Gasteiger partial charge on any atom is -0.311 e. The van der Waals surface area contributed by atoms with Gasteiger partial charge >= 0.3 is 0 Å². The summed E-state index contributed by atoms with van der Waals surface area (Å²) in [7, 11) is 0. The van der Waals surface area contributed by atoms with Crippen LogP contribution in [0.5, 0.6) is 0 Å². The molecule has 0 bridgehead atoms. The number of aromatic amines is 1. The summed E-state index contributed by atoms with van der Waals surface area (Å²) in [6, 6.07) is 12.0. The summed E-state index contributed by atoms with van der Waals surface area (Å²) < 4.78 is 0. The summed E-state index contributed by atoms with van der Waals surface area (Å²) in [6.07, 6.45) is 0.620. The van der Waals surface area contributed by atoms with Gasteiger partial charge in [-0.05, 0) is 41.3 Å². The molecule has 112 valence electrons. The van der Waals surface area contributed by atoms with E-state index in [1.165, 1.54) is 5.56 Å². The lowest BCUT2D eigenvalue weighted by atomic mass is 9.97. The highest BCUT2D eigenvalue weighted by Crippen LogP contribution is 2.33. The standard InChI is InChI=1S/C17H16ClN3O/c1-10(2)11-3-5-15(18)13(7-11)12-4-6-16-14(8-12)17(19-9-22)21-20-16/h3-10H,1-2H3,(H2,19,20,21,22). The van der Waals surface area contributed by atoms with Crippen molar-refractivity contribution in [3.05, 3.63) is 47.0 Å². The summed E-state index contributed by atoms with van der Waals surface area (Å²) in [4.78, 5) is 10.7. The molecule has 5 heteroatoms. The van der Waals surface area contributed by atoms with Crippen LogP contribution in [0.3, 0.4) is 0 Å². The highest BCUT2D eigenvalue weighted by Gasteiger charge is 2.10. The van der Waals surface area contributed by atoms with E-state index in [2.05, 4.69) is 35.4 Å². The predicted molar refractivity (Wildman–Crippen MR) is 90.3 cm³/mol. The number of H-pyrrole nitrogens is 1. The number of carbonyl (C=O) groups excluding carboxylic acids is 1. The molecule has 22 heavy (non-hydrogen) atoms. The number of carbonyl (C=O) groups is 1. The van der Waals surface area contributed by atoms with Gasteiger partial charge in [0, 0.05) is 16.0 Å². The molecule has 0 unspecified atom stereocenters. The van der Waals surface area contributed by atoms with Crippen LogP contribution in [-0.4, -0.2) is 16.6 Å². The molecular formula is C17H16ClN3O. The van der Waals surface area contributed by atoms with Gasteiger partial charge in [-0.15, -0.1) is 0 Å². The number of rotatable bonds is 4. The summed E-state index contributed by atoms with van der Waals surface area (Å²) >= 11 is 6.37. The lowest BCUT2D eigenvalue weighted by molar-refractivity contribution is -0.105. The molecule has 0 aliphatic carbocycles. The lowest BCUT2D eigenvalue weighted by Gasteiger charge is -2.11. The molecule has 3 aromatic rings.